The minimum Gasteiger partial charge on any atom is -0.356 e. The highest BCUT2D eigenvalue weighted by molar-refractivity contribution is 14.0. The fourth-order valence-corrected chi connectivity index (χ4v) is 4.23. The summed E-state index contributed by atoms with van der Waals surface area (Å²) in [6, 6.07) is 5.91. The Morgan fingerprint density at radius 2 is 1.81 bits per heavy atom. The summed E-state index contributed by atoms with van der Waals surface area (Å²) in [5, 5.41) is 11.9. The van der Waals surface area contributed by atoms with E-state index in [0.29, 0.717) is 6.54 Å². The van der Waals surface area contributed by atoms with E-state index in [1.807, 2.05) is 40.7 Å². The number of likely N-dealkylation sites (tertiary alicyclic amines) is 1. The summed E-state index contributed by atoms with van der Waals surface area (Å²) < 4.78 is 2.02. The number of carbonyl (C=O) groups is 1. The Hall–Kier alpha value is -1.95. The number of aliphatic imine (C=N–C) groups is 1. The van der Waals surface area contributed by atoms with Crippen molar-refractivity contribution in [1.29, 1.82) is 0 Å². The topological polar surface area (TPSA) is 81.4 Å². The molecule has 31 heavy (non-hydrogen) atoms. The molecule has 2 saturated heterocycles. The Morgan fingerprint density at radius 1 is 1.03 bits per heavy atom. The van der Waals surface area contributed by atoms with E-state index < -0.39 is 0 Å². The largest absolute Gasteiger partial charge is 0.356 e. The first-order valence-electron chi connectivity index (χ1n) is 11.0. The molecule has 2 aromatic heterocycles. The summed E-state index contributed by atoms with van der Waals surface area (Å²) >= 11 is 0. The van der Waals surface area contributed by atoms with Gasteiger partial charge in [-0.3, -0.25) is 19.1 Å². The average Bonchev–Trinajstić information content (AvgIpc) is 3.21. The molecule has 0 saturated carbocycles. The van der Waals surface area contributed by atoms with E-state index in [1.54, 1.807) is 0 Å². The number of amides is 1. The van der Waals surface area contributed by atoms with Gasteiger partial charge in [0.2, 0.25) is 5.91 Å². The number of halogens is 1. The molecule has 2 aliphatic heterocycles. The molecule has 0 radical (unpaired) electrons. The van der Waals surface area contributed by atoms with Gasteiger partial charge in [-0.25, -0.2) is 0 Å². The highest BCUT2D eigenvalue weighted by Gasteiger charge is 2.24. The van der Waals surface area contributed by atoms with Crippen molar-refractivity contribution in [3.05, 3.63) is 30.2 Å². The van der Waals surface area contributed by atoms with Crippen LogP contribution in [0.15, 0.2) is 29.4 Å². The summed E-state index contributed by atoms with van der Waals surface area (Å²) in [5.74, 6) is 2.13. The summed E-state index contributed by atoms with van der Waals surface area (Å²) in [6.45, 7) is 6.66. The number of fused-ring (bicyclic) bond motifs is 1. The second kappa shape index (κ2) is 11.6. The summed E-state index contributed by atoms with van der Waals surface area (Å²) in [7, 11) is 1.82. The van der Waals surface area contributed by atoms with Crippen LogP contribution in [0.25, 0.3) is 5.65 Å². The molecule has 0 unspecified atom stereocenters. The fourth-order valence-electron chi connectivity index (χ4n) is 4.23. The van der Waals surface area contributed by atoms with Crippen LogP contribution in [-0.4, -0.2) is 101 Å². The maximum Gasteiger partial charge on any atom is 0.236 e. The van der Waals surface area contributed by atoms with Gasteiger partial charge in [-0.2, -0.15) is 0 Å². The van der Waals surface area contributed by atoms with E-state index in [2.05, 4.69) is 30.3 Å². The van der Waals surface area contributed by atoms with Crippen molar-refractivity contribution in [1.82, 2.24) is 34.6 Å². The molecule has 1 N–H and O–H groups in total. The fraction of sp³-hybridized carbons (Fsp3) is 0.619. The van der Waals surface area contributed by atoms with E-state index in [9.17, 15) is 4.79 Å². The molecule has 2 aromatic rings. The van der Waals surface area contributed by atoms with Crippen LogP contribution in [0, 0.1) is 0 Å². The van der Waals surface area contributed by atoms with Crippen LogP contribution in [0.3, 0.4) is 0 Å². The molecule has 10 heteroatoms. The number of nitrogens with zero attached hydrogens (tertiary/aromatic N) is 7. The van der Waals surface area contributed by atoms with Crippen LogP contribution >= 0.6 is 24.0 Å². The number of aromatic nitrogens is 3. The van der Waals surface area contributed by atoms with Gasteiger partial charge in [-0.05, 0) is 31.4 Å². The quantitative estimate of drug-likeness (QED) is 0.348. The number of hydrogen-bond donors (Lipinski definition) is 1. The summed E-state index contributed by atoms with van der Waals surface area (Å²) in [4.78, 5) is 23.5. The maximum absolute atomic E-state index is 12.5. The predicted octanol–water partition coefficient (Wildman–Crippen LogP) is 1.10. The monoisotopic (exact) mass is 540 g/mol. The zero-order chi connectivity index (χ0) is 20.8. The molecular weight excluding hydrogens is 507 g/mol. The zero-order valence-corrected chi connectivity index (χ0v) is 20.6. The average molecular weight is 540 g/mol. The molecule has 4 heterocycles. The van der Waals surface area contributed by atoms with Crippen molar-refractivity contribution >= 4 is 41.5 Å². The second-order valence-electron chi connectivity index (χ2n) is 7.97. The molecule has 0 atom stereocenters. The highest BCUT2D eigenvalue weighted by Crippen LogP contribution is 2.10. The molecule has 4 rings (SSSR count). The lowest BCUT2D eigenvalue weighted by atomic mass is 10.1. The normalized spacial score (nSPS) is 18.2. The maximum atomic E-state index is 12.5. The van der Waals surface area contributed by atoms with Gasteiger partial charge in [0, 0.05) is 65.5 Å². The molecule has 2 fully saturated rings. The predicted molar refractivity (Wildman–Crippen MR) is 132 cm³/mol. The number of piperazine rings is 1. The Bertz CT molecular complexity index is 871. The molecule has 0 bridgehead atoms. The third-order valence-electron chi connectivity index (χ3n) is 5.97. The first kappa shape index (κ1) is 23.7. The number of guanidine groups is 1. The van der Waals surface area contributed by atoms with Gasteiger partial charge in [0.05, 0.1) is 6.54 Å². The van der Waals surface area contributed by atoms with E-state index >= 15 is 0 Å². The first-order valence-corrected chi connectivity index (χ1v) is 11.0. The number of carbonyl (C=O) groups excluding carboxylic acids is 1. The Morgan fingerprint density at radius 3 is 2.55 bits per heavy atom. The molecule has 0 aliphatic carbocycles. The van der Waals surface area contributed by atoms with Crippen molar-refractivity contribution in [3.63, 3.8) is 0 Å². The van der Waals surface area contributed by atoms with Crippen molar-refractivity contribution < 1.29 is 4.79 Å². The number of piperidine rings is 1. The molecule has 2 aliphatic rings. The lowest BCUT2D eigenvalue weighted by Gasteiger charge is -2.37. The van der Waals surface area contributed by atoms with Crippen molar-refractivity contribution in [2.75, 3.05) is 59.4 Å². The van der Waals surface area contributed by atoms with Crippen LogP contribution < -0.4 is 5.32 Å². The molecule has 0 spiro atoms. The Labute approximate surface area is 200 Å². The minimum absolute atomic E-state index is 0. The van der Waals surface area contributed by atoms with E-state index in [-0.39, 0.29) is 29.9 Å². The van der Waals surface area contributed by atoms with E-state index in [4.69, 9.17) is 0 Å². The van der Waals surface area contributed by atoms with Crippen molar-refractivity contribution in [2.45, 2.75) is 25.7 Å². The lowest BCUT2D eigenvalue weighted by Crippen LogP contribution is -2.54. The molecular formula is C21H33IN8O. The Kier molecular flexibility index (Phi) is 8.88. The SMILES string of the molecule is CN=C(NCCc1nnc2ccccn12)N1CCN(CC(=O)N2CCCCC2)CC1.I. The number of pyridine rings is 1. The molecule has 1 amide bonds. The summed E-state index contributed by atoms with van der Waals surface area (Å²) in [5.41, 5.74) is 0.868. The highest BCUT2D eigenvalue weighted by atomic mass is 127. The van der Waals surface area contributed by atoms with Gasteiger partial charge in [0.15, 0.2) is 11.6 Å². The van der Waals surface area contributed by atoms with E-state index in [1.165, 1.54) is 6.42 Å². The molecule has 9 nitrogen and oxygen atoms in total. The number of rotatable bonds is 5. The number of hydrogen-bond acceptors (Lipinski definition) is 5. The van der Waals surface area contributed by atoms with Gasteiger partial charge < -0.3 is 15.1 Å². The number of nitrogens with one attached hydrogen (secondary N) is 1. The van der Waals surface area contributed by atoms with Crippen molar-refractivity contribution in [3.8, 4) is 0 Å². The second-order valence-corrected chi connectivity index (χ2v) is 7.97. The minimum atomic E-state index is 0. The van der Waals surface area contributed by atoms with Crippen LogP contribution in [0.5, 0.6) is 0 Å². The van der Waals surface area contributed by atoms with Gasteiger partial charge >= 0.3 is 0 Å². The van der Waals surface area contributed by atoms with Gasteiger partial charge in [-0.1, -0.05) is 6.07 Å². The third-order valence-corrected chi connectivity index (χ3v) is 5.97. The first-order chi connectivity index (χ1) is 14.7. The third kappa shape index (κ3) is 6.06. The molecule has 170 valence electrons. The molecule has 0 aromatic carbocycles. The zero-order valence-electron chi connectivity index (χ0n) is 18.2. The van der Waals surface area contributed by atoms with Crippen LogP contribution in [0.2, 0.25) is 0 Å². The van der Waals surface area contributed by atoms with Crippen LogP contribution in [-0.2, 0) is 11.2 Å². The van der Waals surface area contributed by atoms with Gasteiger partial charge in [-0.15, -0.1) is 34.2 Å². The lowest BCUT2D eigenvalue weighted by molar-refractivity contribution is -0.133. The smallest absolute Gasteiger partial charge is 0.236 e. The standard InChI is InChI=1S/C21H32N8O.HI/c1-22-21(23-9-8-19-25-24-18-7-3-6-12-29(18)19)28-15-13-26(14-16-28)17-20(30)27-10-4-2-5-11-27;/h3,6-7,12H,2,4-5,8-11,13-17H2,1H3,(H,22,23);1H. The van der Waals surface area contributed by atoms with Crippen LogP contribution in [0.1, 0.15) is 25.1 Å². The summed E-state index contributed by atoms with van der Waals surface area (Å²) in [6.07, 6.45) is 6.30. The van der Waals surface area contributed by atoms with E-state index in [0.717, 1.165) is 82.5 Å². The Balaban J connectivity index is 0.00000272. The van der Waals surface area contributed by atoms with Gasteiger partial charge in [0.1, 0.15) is 5.82 Å². The van der Waals surface area contributed by atoms with Gasteiger partial charge in [0.25, 0.3) is 0 Å². The van der Waals surface area contributed by atoms with Crippen molar-refractivity contribution in [2.24, 2.45) is 4.99 Å². The van der Waals surface area contributed by atoms with Crippen LogP contribution in [0.4, 0.5) is 0 Å².